The highest BCUT2D eigenvalue weighted by Gasteiger charge is 2.19. The average molecular weight is 376 g/mol. The molecule has 0 saturated heterocycles. The van der Waals surface area contributed by atoms with E-state index in [0.717, 1.165) is 9.77 Å². The molecule has 1 aromatic heterocycles. The van der Waals surface area contributed by atoms with E-state index in [1.807, 2.05) is 17.5 Å². The Kier molecular flexibility index (Phi) is 5.40. The van der Waals surface area contributed by atoms with Crippen LogP contribution in [-0.4, -0.2) is 42.1 Å². The highest BCUT2D eigenvalue weighted by Crippen LogP contribution is 2.32. The molecule has 6 nitrogen and oxygen atoms in total. The van der Waals surface area contributed by atoms with Crippen LogP contribution in [0.3, 0.4) is 0 Å². The highest BCUT2D eigenvalue weighted by atomic mass is 32.2. The van der Waals surface area contributed by atoms with Crippen LogP contribution < -0.4 is 5.32 Å². The summed E-state index contributed by atoms with van der Waals surface area (Å²) >= 11 is 2.98. The van der Waals surface area contributed by atoms with Gasteiger partial charge in [0, 0.05) is 16.8 Å². The summed E-state index contributed by atoms with van der Waals surface area (Å²) in [7, 11) is 1.67. The number of carbonyl (C=O) groups excluding carboxylic acids is 3. The number of benzene rings is 1. The van der Waals surface area contributed by atoms with Crippen LogP contribution in [0.2, 0.25) is 0 Å². The van der Waals surface area contributed by atoms with Crippen LogP contribution in [0.1, 0.15) is 15.2 Å². The third-order valence-corrected chi connectivity index (χ3v) is 5.51. The molecular formula is C17H16N2O4S2. The summed E-state index contributed by atoms with van der Waals surface area (Å²) in [6.45, 7) is 0.162. The Hall–Kier alpha value is -2.32. The van der Waals surface area contributed by atoms with E-state index < -0.39 is 5.97 Å². The third kappa shape index (κ3) is 4.40. The molecule has 130 valence electrons. The number of ether oxygens (including phenoxy) is 1. The Balaban J connectivity index is 1.56. The maximum Gasteiger partial charge on any atom is 0.338 e. The lowest BCUT2D eigenvalue weighted by Gasteiger charge is -2.17. The summed E-state index contributed by atoms with van der Waals surface area (Å²) in [6, 6.07) is 8.83. The molecule has 0 fully saturated rings. The first-order valence-corrected chi connectivity index (χ1v) is 9.39. The van der Waals surface area contributed by atoms with Crippen LogP contribution in [0, 0.1) is 0 Å². The molecule has 25 heavy (non-hydrogen) atoms. The molecule has 0 radical (unpaired) electrons. The van der Waals surface area contributed by atoms with Crippen LogP contribution in [0.15, 0.2) is 40.6 Å². The second-order valence-corrected chi connectivity index (χ2v) is 7.50. The summed E-state index contributed by atoms with van der Waals surface area (Å²) in [5.41, 5.74) is 0.895. The van der Waals surface area contributed by atoms with E-state index in [2.05, 4.69) is 5.32 Å². The van der Waals surface area contributed by atoms with Crippen molar-refractivity contribution >= 4 is 46.6 Å². The van der Waals surface area contributed by atoms with Crippen molar-refractivity contribution in [3.8, 4) is 0 Å². The molecule has 0 unspecified atom stereocenters. The summed E-state index contributed by atoms with van der Waals surface area (Å²) in [5.74, 6) is -0.607. The molecule has 1 aromatic carbocycles. The highest BCUT2D eigenvalue weighted by molar-refractivity contribution is 8.00. The van der Waals surface area contributed by atoms with Crippen LogP contribution in [-0.2, 0) is 20.9 Å². The molecule has 2 aromatic rings. The number of nitrogens with one attached hydrogen (secondary N) is 1. The van der Waals surface area contributed by atoms with Crippen molar-refractivity contribution < 1.29 is 19.1 Å². The van der Waals surface area contributed by atoms with Gasteiger partial charge in [0.05, 0.1) is 23.5 Å². The van der Waals surface area contributed by atoms with Crippen LogP contribution in [0.25, 0.3) is 0 Å². The zero-order valence-corrected chi connectivity index (χ0v) is 15.1. The van der Waals surface area contributed by atoms with Crippen molar-refractivity contribution in [3.63, 3.8) is 0 Å². The maximum atomic E-state index is 12.1. The first-order valence-electron chi connectivity index (χ1n) is 7.53. The first-order chi connectivity index (χ1) is 12.0. The SMILES string of the molecule is CN(Cc1cccs1)C(=O)COC(=O)c1ccc2c(c1)NC(=O)CS2. The van der Waals surface area contributed by atoms with Gasteiger partial charge in [0.2, 0.25) is 5.91 Å². The second-order valence-electron chi connectivity index (χ2n) is 5.45. The fourth-order valence-corrected chi connectivity index (χ4v) is 3.80. The Morgan fingerprint density at radius 2 is 2.16 bits per heavy atom. The molecule has 1 aliphatic heterocycles. The Morgan fingerprint density at radius 1 is 1.32 bits per heavy atom. The summed E-state index contributed by atoms with van der Waals surface area (Å²) in [5, 5.41) is 4.67. The molecule has 8 heteroatoms. The lowest BCUT2D eigenvalue weighted by atomic mass is 10.2. The molecule has 0 spiro atoms. The van der Waals surface area contributed by atoms with Gasteiger partial charge < -0.3 is 15.0 Å². The fourth-order valence-electron chi connectivity index (χ4n) is 2.26. The predicted molar refractivity (Wildman–Crippen MR) is 96.9 cm³/mol. The van der Waals surface area contributed by atoms with Gasteiger partial charge in [0.25, 0.3) is 5.91 Å². The van der Waals surface area contributed by atoms with Gasteiger partial charge in [-0.2, -0.15) is 0 Å². The number of carbonyl (C=O) groups is 3. The maximum absolute atomic E-state index is 12.1. The minimum absolute atomic E-state index is 0.103. The largest absolute Gasteiger partial charge is 0.452 e. The van der Waals surface area contributed by atoms with Gasteiger partial charge in [-0.3, -0.25) is 9.59 Å². The molecular weight excluding hydrogens is 360 g/mol. The number of likely N-dealkylation sites (N-methyl/N-ethyl adjacent to an activating group) is 1. The number of amides is 2. The van der Waals surface area contributed by atoms with Gasteiger partial charge in [-0.05, 0) is 29.6 Å². The zero-order valence-electron chi connectivity index (χ0n) is 13.5. The van der Waals surface area contributed by atoms with Crippen molar-refractivity contribution in [1.29, 1.82) is 0 Å². The topological polar surface area (TPSA) is 75.7 Å². The van der Waals surface area contributed by atoms with Crippen molar-refractivity contribution in [1.82, 2.24) is 4.90 Å². The monoisotopic (exact) mass is 376 g/mol. The van der Waals surface area contributed by atoms with Crippen molar-refractivity contribution in [2.45, 2.75) is 11.4 Å². The Bertz CT molecular complexity index is 805. The smallest absolute Gasteiger partial charge is 0.338 e. The summed E-state index contributed by atoms with van der Waals surface area (Å²) in [6.07, 6.45) is 0. The lowest BCUT2D eigenvalue weighted by molar-refractivity contribution is -0.133. The van der Waals surface area contributed by atoms with E-state index in [-0.39, 0.29) is 18.4 Å². The minimum atomic E-state index is -0.592. The number of anilines is 1. The van der Waals surface area contributed by atoms with Crippen molar-refractivity contribution in [3.05, 3.63) is 46.2 Å². The van der Waals surface area contributed by atoms with Gasteiger partial charge in [0.1, 0.15) is 0 Å². The second kappa shape index (κ2) is 7.71. The Morgan fingerprint density at radius 3 is 2.92 bits per heavy atom. The van der Waals surface area contributed by atoms with E-state index in [1.165, 1.54) is 16.7 Å². The number of fused-ring (bicyclic) bond motifs is 1. The standard InChI is InChI=1S/C17H16N2O4S2/c1-19(8-12-3-2-6-24-12)16(21)9-23-17(22)11-4-5-14-13(7-11)18-15(20)10-25-14/h2-7H,8-10H2,1H3,(H,18,20). The van der Waals surface area contributed by atoms with E-state index >= 15 is 0 Å². The predicted octanol–water partition coefficient (Wildman–Crippen LogP) is 2.61. The summed E-state index contributed by atoms with van der Waals surface area (Å²) < 4.78 is 5.10. The van der Waals surface area contributed by atoms with Gasteiger partial charge in [0.15, 0.2) is 6.61 Å². The van der Waals surface area contributed by atoms with Crippen molar-refractivity contribution in [2.24, 2.45) is 0 Å². The molecule has 2 heterocycles. The molecule has 2 amide bonds. The third-order valence-electron chi connectivity index (χ3n) is 3.57. The molecule has 1 N–H and O–H groups in total. The van der Waals surface area contributed by atoms with Crippen LogP contribution >= 0.6 is 23.1 Å². The van der Waals surface area contributed by atoms with Crippen LogP contribution in [0.4, 0.5) is 5.69 Å². The lowest BCUT2D eigenvalue weighted by Crippen LogP contribution is -2.30. The van der Waals surface area contributed by atoms with Gasteiger partial charge >= 0.3 is 5.97 Å². The Labute approximate surface area is 153 Å². The number of thioether (sulfide) groups is 1. The van der Waals surface area contributed by atoms with Gasteiger partial charge in [-0.25, -0.2) is 4.79 Å². The zero-order chi connectivity index (χ0) is 17.8. The van der Waals surface area contributed by atoms with E-state index in [9.17, 15) is 14.4 Å². The molecule has 0 bridgehead atoms. The fraction of sp³-hybridized carbons (Fsp3) is 0.235. The molecule has 3 rings (SSSR count). The van der Waals surface area contributed by atoms with E-state index in [0.29, 0.717) is 23.5 Å². The number of esters is 1. The number of thiophene rings is 1. The number of nitrogens with zero attached hydrogens (tertiary/aromatic N) is 1. The summed E-state index contributed by atoms with van der Waals surface area (Å²) in [4.78, 5) is 39.1. The molecule has 0 aliphatic carbocycles. The minimum Gasteiger partial charge on any atom is -0.452 e. The normalized spacial score (nSPS) is 12.9. The van der Waals surface area contributed by atoms with Crippen molar-refractivity contribution in [2.75, 3.05) is 24.7 Å². The quantitative estimate of drug-likeness (QED) is 0.812. The van der Waals surface area contributed by atoms with Crippen LogP contribution in [0.5, 0.6) is 0 Å². The number of hydrogen-bond acceptors (Lipinski definition) is 6. The molecule has 0 atom stereocenters. The van der Waals surface area contributed by atoms with E-state index in [4.69, 9.17) is 4.74 Å². The number of hydrogen-bond donors (Lipinski definition) is 1. The first kappa shape index (κ1) is 17.5. The molecule has 1 aliphatic rings. The number of rotatable bonds is 5. The van der Waals surface area contributed by atoms with Gasteiger partial charge in [-0.15, -0.1) is 23.1 Å². The van der Waals surface area contributed by atoms with E-state index in [1.54, 1.807) is 36.6 Å². The van der Waals surface area contributed by atoms with Gasteiger partial charge in [-0.1, -0.05) is 6.07 Å². The molecule has 0 saturated carbocycles. The average Bonchev–Trinajstić information content (AvgIpc) is 3.11.